The Kier molecular flexibility index (Phi) is 4.21. The number of aromatic hydroxyl groups is 1. The summed E-state index contributed by atoms with van der Waals surface area (Å²) in [5, 5.41) is 29.4. The molecule has 0 bridgehead atoms. The highest BCUT2D eigenvalue weighted by atomic mass is 19.1. The summed E-state index contributed by atoms with van der Waals surface area (Å²) in [6.45, 7) is -0.176. The van der Waals surface area contributed by atoms with E-state index in [0.29, 0.717) is 11.6 Å². The van der Waals surface area contributed by atoms with Gasteiger partial charge in [-0.3, -0.25) is 10.1 Å². The first kappa shape index (κ1) is 15.2. The Morgan fingerprint density at radius 2 is 2.05 bits per heavy atom. The van der Waals surface area contributed by atoms with Crippen molar-refractivity contribution in [3.63, 3.8) is 0 Å². The number of aromatic carboxylic acids is 1. The summed E-state index contributed by atoms with van der Waals surface area (Å²) in [7, 11) is 0. The first-order valence-corrected chi connectivity index (χ1v) is 6.00. The summed E-state index contributed by atoms with van der Waals surface area (Å²) >= 11 is 0. The number of hydrogen-bond donors (Lipinski definition) is 2. The van der Waals surface area contributed by atoms with Crippen LogP contribution in [0, 0.1) is 15.9 Å². The summed E-state index contributed by atoms with van der Waals surface area (Å²) in [5.74, 6) is -2.96. The van der Waals surface area contributed by atoms with Crippen LogP contribution >= 0.6 is 0 Å². The number of carboxylic acid groups (broad SMARTS) is 1. The molecule has 7 nitrogen and oxygen atoms in total. The molecule has 0 saturated heterocycles. The van der Waals surface area contributed by atoms with Crippen molar-refractivity contribution in [2.45, 2.75) is 6.61 Å². The molecule has 0 aliphatic rings. The number of nitrogens with zero attached hydrogens (tertiary/aromatic N) is 1. The van der Waals surface area contributed by atoms with E-state index in [-0.39, 0.29) is 12.4 Å². The Morgan fingerprint density at radius 3 is 2.64 bits per heavy atom. The molecule has 22 heavy (non-hydrogen) atoms. The zero-order valence-electron chi connectivity index (χ0n) is 11.0. The van der Waals surface area contributed by atoms with Gasteiger partial charge in [0, 0.05) is 12.1 Å². The van der Waals surface area contributed by atoms with Gasteiger partial charge in [-0.05, 0) is 17.7 Å². The van der Waals surface area contributed by atoms with E-state index < -0.39 is 33.7 Å². The van der Waals surface area contributed by atoms with Crippen molar-refractivity contribution in [1.29, 1.82) is 0 Å². The minimum absolute atomic E-state index is 0.176. The zero-order valence-corrected chi connectivity index (χ0v) is 11.0. The predicted molar refractivity (Wildman–Crippen MR) is 72.5 cm³/mol. The first-order valence-electron chi connectivity index (χ1n) is 6.00. The maximum Gasteiger partial charge on any atom is 0.339 e. The van der Waals surface area contributed by atoms with Crippen LogP contribution in [0.5, 0.6) is 11.5 Å². The van der Waals surface area contributed by atoms with E-state index in [1.54, 1.807) is 6.07 Å². The first-order chi connectivity index (χ1) is 10.4. The monoisotopic (exact) mass is 307 g/mol. The second-order valence-electron chi connectivity index (χ2n) is 4.32. The molecule has 2 aromatic rings. The molecule has 114 valence electrons. The van der Waals surface area contributed by atoms with E-state index in [9.17, 15) is 24.4 Å². The largest absolute Gasteiger partial charge is 0.507 e. The van der Waals surface area contributed by atoms with Crippen molar-refractivity contribution in [3.8, 4) is 11.5 Å². The van der Waals surface area contributed by atoms with Crippen LogP contribution in [0.3, 0.4) is 0 Å². The smallest absolute Gasteiger partial charge is 0.339 e. The molecule has 0 unspecified atom stereocenters. The van der Waals surface area contributed by atoms with E-state index in [2.05, 4.69) is 0 Å². The number of ether oxygens (including phenoxy) is 1. The lowest BCUT2D eigenvalue weighted by molar-refractivity contribution is -0.386. The quantitative estimate of drug-likeness (QED) is 0.649. The van der Waals surface area contributed by atoms with Crippen LogP contribution in [-0.2, 0) is 6.61 Å². The van der Waals surface area contributed by atoms with Crippen molar-refractivity contribution in [2.24, 2.45) is 0 Å². The van der Waals surface area contributed by atoms with Gasteiger partial charge in [-0.1, -0.05) is 12.1 Å². The van der Waals surface area contributed by atoms with E-state index in [1.165, 1.54) is 18.2 Å². The van der Waals surface area contributed by atoms with E-state index in [0.717, 1.165) is 6.07 Å². The summed E-state index contributed by atoms with van der Waals surface area (Å²) < 4.78 is 18.2. The molecule has 0 aliphatic heterocycles. The fraction of sp³-hybridized carbons (Fsp3) is 0.0714. The van der Waals surface area contributed by atoms with E-state index >= 15 is 0 Å². The molecule has 2 rings (SSSR count). The average molecular weight is 307 g/mol. The number of carboxylic acids is 1. The summed E-state index contributed by atoms with van der Waals surface area (Å²) in [4.78, 5) is 21.0. The van der Waals surface area contributed by atoms with Gasteiger partial charge in [-0.15, -0.1) is 0 Å². The van der Waals surface area contributed by atoms with Gasteiger partial charge < -0.3 is 14.9 Å². The lowest BCUT2D eigenvalue weighted by Crippen LogP contribution is -2.03. The van der Waals surface area contributed by atoms with E-state index in [4.69, 9.17) is 9.84 Å². The third-order valence-corrected chi connectivity index (χ3v) is 2.79. The molecule has 0 fully saturated rings. The number of carbonyl (C=O) groups is 1. The molecule has 2 aromatic carbocycles. The van der Waals surface area contributed by atoms with E-state index in [1.807, 2.05) is 0 Å². The number of phenols is 1. The number of halogens is 1. The Morgan fingerprint density at radius 1 is 1.32 bits per heavy atom. The molecule has 0 atom stereocenters. The second kappa shape index (κ2) is 6.08. The Hall–Kier alpha value is -3.16. The highest BCUT2D eigenvalue weighted by molar-refractivity contribution is 5.92. The molecule has 0 aliphatic carbocycles. The molecule has 2 N–H and O–H groups in total. The van der Waals surface area contributed by atoms with Gasteiger partial charge in [-0.25, -0.2) is 9.18 Å². The Balaban J connectivity index is 2.32. The van der Waals surface area contributed by atoms with Gasteiger partial charge in [0.15, 0.2) is 0 Å². The second-order valence-corrected chi connectivity index (χ2v) is 4.32. The van der Waals surface area contributed by atoms with Gasteiger partial charge in [0.05, 0.1) is 4.92 Å². The summed E-state index contributed by atoms with van der Waals surface area (Å²) in [6.07, 6.45) is 0. The normalized spacial score (nSPS) is 10.2. The fourth-order valence-corrected chi connectivity index (χ4v) is 1.78. The minimum Gasteiger partial charge on any atom is -0.507 e. The zero-order chi connectivity index (χ0) is 16.3. The van der Waals surface area contributed by atoms with Crippen LogP contribution in [0.25, 0.3) is 0 Å². The van der Waals surface area contributed by atoms with Gasteiger partial charge >= 0.3 is 11.7 Å². The highest BCUT2D eigenvalue weighted by Crippen LogP contribution is 2.34. The number of nitro benzene ring substituents is 1. The molecular formula is C14H10FNO6. The molecule has 0 heterocycles. The molecule has 0 radical (unpaired) electrons. The van der Waals surface area contributed by atoms with Crippen LogP contribution in [0.1, 0.15) is 15.9 Å². The summed E-state index contributed by atoms with van der Waals surface area (Å²) in [6, 6.07) is 6.99. The lowest BCUT2D eigenvalue weighted by atomic mass is 10.1. The predicted octanol–water partition coefficient (Wildman–Crippen LogP) is 2.72. The Labute approximate surface area is 123 Å². The molecule has 0 spiro atoms. The Bertz CT molecular complexity index is 746. The number of hydrogen-bond acceptors (Lipinski definition) is 5. The minimum atomic E-state index is -1.50. The topological polar surface area (TPSA) is 110 Å². The van der Waals surface area contributed by atoms with Crippen molar-refractivity contribution >= 4 is 11.7 Å². The molecule has 8 heteroatoms. The van der Waals surface area contributed by atoms with Gasteiger partial charge in [0.2, 0.25) is 5.75 Å². The maximum absolute atomic E-state index is 13.0. The van der Waals surface area contributed by atoms with Crippen LogP contribution < -0.4 is 4.74 Å². The maximum atomic E-state index is 13.0. The van der Waals surface area contributed by atoms with Crippen molar-refractivity contribution < 1.29 is 29.1 Å². The van der Waals surface area contributed by atoms with Gasteiger partial charge in [0.25, 0.3) is 0 Å². The molecular weight excluding hydrogens is 297 g/mol. The van der Waals surface area contributed by atoms with Gasteiger partial charge in [-0.2, -0.15) is 0 Å². The fourth-order valence-electron chi connectivity index (χ4n) is 1.78. The van der Waals surface area contributed by atoms with Crippen LogP contribution in [0.2, 0.25) is 0 Å². The molecule has 0 saturated carbocycles. The number of benzene rings is 2. The number of rotatable bonds is 5. The van der Waals surface area contributed by atoms with Crippen LogP contribution in [0.15, 0.2) is 36.4 Å². The van der Waals surface area contributed by atoms with Gasteiger partial charge in [0.1, 0.15) is 23.7 Å². The third-order valence-electron chi connectivity index (χ3n) is 2.79. The van der Waals surface area contributed by atoms with Crippen LogP contribution in [0.4, 0.5) is 10.1 Å². The third kappa shape index (κ3) is 3.29. The SMILES string of the molecule is O=C(O)c1cc([N+](=O)[O-])c(OCc2cccc(F)c2)cc1O. The molecule has 0 aromatic heterocycles. The van der Waals surface area contributed by atoms with Crippen LogP contribution in [-0.4, -0.2) is 21.1 Å². The lowest BCUT2D eigenvalue weighted by Gasteiger charge is -2.09. The number of nitro groups is 1. The highest BCUT2D eigenvalue weighted by Gasteiger charge is 2.22. The van der Waals surface area contributed by atoms with Crippen molar-refractivity contribution in [3.05, 3.63) is 63.5 Å². The standard InChI is InChI=1S/C14H10FNO6/c15-9-3-1-2-8(4-9)7-22-13-6-12(17)10(14(18)19)5-11(13)16(20)21/h1-6,17H,7H2,(H,18,19). The van der Waals surface area contributed by atoms with Crippen molar-refractivity contribution in [1.82, 2.24) is 0 Å². The summed E-state index contributed by atoms with van der Waals surface area (Å²) in [5.41, 5.74) is -0.785. The van der Waals surface area contributed by atoms with Crippen molar-refractivity contribution in [2.75, 3.05) is 0 Å². The molecule has 0 amide bonds. The average Bonchev–Trinajstić information content (AvgIpc) is 2.44.